The SMILES string of the molecule is O=C(O)c1cc(-c2ccc(CN3C[C@@H]4COCC[C@]4(C(=O)O)C3)o2)ccc1Cl. The molecule has 2 aromatic rings. The number of rotatable bonds is 5. The molecule has 28 heavy (non-hydrogen) atoms. The van der Waals surface area contributed by atoms with Gasteiger partial charge in [-0.05, 0) is 36.8 Å². The molecular weight excluding hydrogens is 386 g/mol. The summed E-state index contributed by atoms with van der Waals surface area (Å²) in [4.78, 5) is 25.2. The summed E-state index contributed by atoms with van der Waals surface area (Å²) >= 11 is 5.92. The van der Waals surface area contributed by atoms with Gasteiger partial charge in [0, 0.05) is 31.2 Å². The lowest BCUT2D eigenvalue weighted by Crippen LogP contribution is -2.44. The summed E-state index contributed by atoms with van der Waals surface area (Å²) in [5.74, 6) is -0.642. The van der Waals surface area contributed by atoms with E-state index in [1.54, 1.807) is 12.1 Å². The fourth-order valence-electron chi connectivity index (χ4n) is 4.20. The minimum Gasteiger partial charge on any atom is -0.481 e. The molecule has 0 saturated carbocycles. The zero-order chi connectivity index (χ0) is 19.9. The first-order chi connectivity index (χ1) is 13.4. The quantitative estimate of drug-likeness (QED) is 0.787. The van der Waals surface area contributed by atoms with E-state index >= 15 is 0 Å². The number of hydrogen-bond donors (Lipinski definition) is 2. The van der Waals surface area contributed by atoms with Crippen LogP contribution in [0.2, 0.25) is 5.02 Å². The molecule has 2 N–H and O–H groups in total. The van der Waals surface area contributed by atoms with Gasteiger partial charge >= 0.3 is 11.9 Å². The molecule has 2 saturated heterocycles. The third-order valence-electron chi connectivity index (χ3n) is 5.73. The first-order valence-corrected chi connectivity index (χ1v) is 9.42. The Hall–Kier alpha value is -2.35. The second-order valence-electron chi connectivity index (χ2n) is 7.42. The summed E-state index contributed by atoms with van der Waals surface area (Å²) in [6.45, 7) is 2.55. The van der Waals surface area contributed by atoms with Crippen LogP contribution < -0.4 is 0 Å². The number of carbonyl (C=O) groups is 2. The summed E-state index contributed by atoms with van der Waals surface area (Å²) in [5.41, 5.74) is -0.108. The number of carboxylic acids is 2. The zero-order valence-electron chi connectivity index (χ0n) is 15.1. The number of halogens is 1. The van der Waals surface area contributed by atoms with Crippen LogP contribution in [-0.2, 0) is 16.1 Å². The number of furan rings is 1. The largest absolute Gasteiger partial charge is 0.481 e. The molecule has 2 aliphatic rings. The van der Waals surface area contributed by atoms with Gasteiger partial charge in [0.15, 0.2) is 0 Å². The minimum absolute atomic E-state index is 0.0177. The van der Waals surface area contributed by atoms with Crippen LogP contribution in [0.25, 0.3) is 11.3 Å². The maximum absolute atomic E-state index is 11.9. The van der Waals surface area contributed by atoms with Crippen LogP contribution in [0.1, 0.15) is 22.5 Å². The van der Waals surface area contributed by atoms with Gasteiger partial charge in [0.2, 0.25) is 0 Å². The number of ether oxygens (including phenoxy) is 1. The molecule has 7 nitrogen and oxygen atoms in total. The summed E-state index contributed by atoms with van der Waals surface area (Å²) < 4.78 is 11.4. The summed E-state index contributed by atoms with van der Waals surface area (Å²) in [7, 11) is 0. The number of likely N-dealkylation sites (tertiary alicyclic amines) is 1. The predicted octanol–water partition coefficient (Wildman–Crippen LogP) is 3.22. The molecule has 2 atom stereocenters. The number of benzene rings is 1. The highest BCUT2D eigenvalue weighted by molar-refractivity contribution is 6.33. The van der Waals surface area contributed by atoms with Crippen molar-refractivity contribution in [2.75, 3.05) is 26.3 Å². The van der Waals surface area contributed by atoms with E-state index in [9.17, 15) is 19.8 Å². The summed E-state index contributed by atoms with van der Waals surface area (Å²) in [5, 5.41) is 19.2. The van der Waals surface area contributed by atoms with Crippen molar-refractivity contribution in [3.8, 4) is 11.3 Å². The Morgan fingerprint density at radius 3 is 2.79 bits per heavy atom. The lowest BCUT2D eigenvalue weighted by atomic mass is 9.74. The molecule has 0 amide bonds. The zero-order valence-corrected chi connectivity index (χ0v) is 15.8. The van der Waals surface area contributed by atoms with Gasteiger partial charge in [-0.2, -0.15) is 0 Å². The molecule has 1 aromatic carbocycles. The third kappa shape index (κ3) is 3.30. The highest BCUT2D eigenvalue weighted by atomic mass is 35.5. The number of aromatic carboxylic acids is 1. The van der Waals surface area contributed by atoms with Gasteiger partial charge in [-0.3, -0.25) is 9.69 Å². The van der Waals surface area contributed by atoms with Crippen molar-refractivity contribution in [1.29, 1.82) is 0 Å². The molecule has 0 radical (unpaired) electrons. The van der Waals surface area contributed by atoms with Crippen molar-refractivity contribution in [2.24, 2.45) is 11.3 Å². The van der Waals surface area contributed by atoms with Crippen molar-refractivity contribution in [2.45, 2.75) is 13.0 Å². The molecule has 4 rings (SSSR count). The molecule has 0 aliphatic carbocycles. The predicted molar refractivity (Wildman–Crippen MR) is 100 cm³/mol. The van der Waals surface area contributed by atoms with Gasteiger partial charge in [-0.1, -0.05) is 11.6 Å². The molecule has 2 fully saturated rings. The minimum atomic E-state index is -1.10. The lowest BCUT2D eigenvalue weighted by Gasteiger charge is -2.34. The molecule has 1 aromatic heterocycles. The van der Waals surface area contributed by atoms with Crippen LogP contribution in [-0.4, -0.2) is 53.4 Å². The molecular formula is C20H20ClNO6. The number of aliphatic carboxylic acids is 1. The smallest absolute Gasteiger partial charge is 0.337 e. The lowest BCUT2D eigenvalue weighted by molar-refractivity contribution is -0.157. The standard InChI is InChI=1S/C20H20ClNO6/c21-16-3-1-12(7-15(16)18(23)24)17-4-2-14(28-17)9-22-8-13-10-27-6-5-20(13,11-22)19(25)26/h1-4,7,13H,5-6,8-11H2,(H,23,24)(H,25,26)/t13-,20+/m1/s1. The van der Waals surface area contributed by atoms with Crippen molar-refractivity contribution >= 4 is 23.5 Å². The Morgan fingerprint density at radius 1 is 1.25 bits per heavy atom. The first kappa shape index (κ1) is 19.0. The molecule has 0 unspecified atom stereocenters. The van der Waals surface area contributed by atoms with Gasteiger partial charge in [-0.15, -0.1) is 0 Å². The molecule has 2 aliphatic heterocycles. The Bertz CT molecular complexity index is 925. The molecule has 0 bridgehead atoms. The Labute approximate surface area is 166 Å². The number of carboxylic acid groups (broad SMARTS) is 2. The van der Waals surface area contributed by atoms with Gasteiger partial charge in [0.25, 0.3) is 0 Å². The maximum atomic E-state index is 11.9. The van der Waals surface area contributed by atoms with Crippen LogP contribution in [0.15, 0.2) is 34.7 Å². The van der Waals surface area contributed by atoms with Crippen LogP contribution >= 0.6 is 11.6 Å². The second kappa shape index (κ2) is 7.24. The summed E-state index contributed by atoms with van der Waals surface area (Å²) in [6.07, 6.45) is 0.523. The van der Waals surface area contributed by atoms with E-state index in [0.717, 1.165) is 0 Å². The Balaban J connectivity index is 1.51. The number of fused-ring (bicyclic) bond motifs is 1. The maximum Gasteiger partial charge on any atom is 0.337 e. The molecule has 0 spiro atoms. The average Bonchev–Trinajstić information content (AvgIpc) is 3.27. The van der Waals surface area contributed by atoms with Crippen LogP contribution in [0.4, 0.5) is 0 Å². The van der Waals surface area contributed by atoms with Gasteiger partial charge in [0.05, 0.1) is 29.2 Å². The highest BCUT2D eigenvalue weighted by Gasteiger charge is 2.53. The van der Waals surface area contributed by atoms with E-state index in [-0.39, 0.29) is 16.5 Å². The molecule has 8 heteroatoms. The normalized spacial score (nSPS) is 24.8. The van der Waals surface area contributed by atoms with E-state index in [4.69, 9.17) is 20.8 Å². The first-order valence-electron chi connectivity index (χ1n) is 9.04. The fourth-order valence-corrected chi connectivity index (χ4v) is 4.40. The third-order valence-corrected chi connectivity index (χ3v) is 6.06. The highest BCUT2D eigenvalue weighted by Crippen LogP contribution is 2.43. The summed E-state index contributed by atoms with van der Waals surface area (Å²) in [6, 6.07) is 8.33. The average molecular weight is 406 g/mol. The molecule has 148 valence electrons. The van der Waals surface area contributed by atoms with Crippen molar-refractivity contribution < 1.29 is 29.0 Å². The van der Waals surface area contributed by atoms with E-state index in [1.807, 2.05) is 6.07 Å². The van der Waals surface area contributed by atoms with E-state index < -0.39 is 17.4 Å². The van der Waals surface area contributed by atoms with E-state index in [1.165, 1.54) is 12.1 Å². The molecule has 3 heterocycles. The van der Waals surface area contributed by atoms with Crippen LogP contribution in [0.5, 0.6) is 0 Å². The van der Waals surface area contributed by atoms with E-state index in [2.05, 4.69) is 4.90 Å². The van der Waals surface area contributed by atoms with E-state index in [0.29, 0.717) is 56.4 Å². The Morgan fingerprint density at radius 2 is 2.07 bits per heavy atom. The van der Waals surface area contributed by atoms with Crippen LogP contribution in [0, 0.1) is 11.3 Å². The topological polar surface area (TPSA) is 100 Å². The van der Waals surface area contributed by atoms with Crippen molar-refractivity contribution in [3.63, 3.8) is 0 Å². The second-order valence-corrected chi connectivity index (χ2v) is 7.83. The van der Waals surface area contributed by atoms with Crippen LogP contribution in [0.3, 0.4) is 0 Å². The van der Waals surface area contributed by atoms with Crippen molar-refractivity contribution in [1.82, 2.24) is 4.90 Å². The number of hydrogen-bond acceptors (Lipinski definition) is 5. The monoisotopic (exact) mass is 405 g/mol. The number of nitrogens with zero attached hydrogens (tertiary/aromatic N) is 1. The van der Waals surface area contributed by atoms with Gasteiger partial charge in [-0.25, -0.2) is 4.79 Å². The fraction of sp³-hybridized carbons (Fsp3) is 0.400. The van der Waals surface area contributed by atoms with Gasteiger partial charge < -0.3 is 19.4 Å². The van der Waals surface area contributed by atoms with Crippen molar-refractivity contribution in [3.05, 3.63) is 46.7 Å². The Kier molecular flexibility index (Phi) is 4.91. The van der Waals surface area contributed by atoms with Gasteiger partial charge in [0.1, 0.15) is 11.5 Å².